The second kappa shape index (κ2) is 7.42. The second-order valence-electron chi connectivity index (χ2n) is 6.81. The summed E-state index contributed by atoms with van der Waals surface area (Å²) in [7, 11) is -0.898. The molecule has 0 amide bonds. The van der Waals surface area contributed by atoms with Gasteiger partial charge >= 0.3 is 0 Å². The summed E-state index contributed by atoms with van der Waals surface area (Å²) < 4.78 is 6.15. The summed E-state index contributed by atoms with van der Waals surface area (Å²) in [5, 5.41) is 0. The maximum atomic E-state index is 6.15. The molecule has 1 aromatic carbocycles. The lowest BCUT2D eigenvalue weighted by Crippen LogP contribution is -2.27. The molecule has 0 radical (unpaired) electrons. The van der Waals surface area contributed by atoms with Crippen molar-refractivity contribution >= 4 is 9.04 Å². The second-order valence-corrected chi connectivity index (χ2v) is 9.24. The Kier molecular flexibility index (Phi) is 5.85. The van der Waals surface area contributed by atoms with E-state index in [4.69, 9.17) is 4.43 Å². The molecular formula is C18H30OSi. The molecule has 20 heavy (non-hydrogen) atoms. The normalized spacial score (nSPS) is 26.3. The van der Waals surface area contributed by atoms with E-state index < -0.39 is 9.04 Å². The van der Waals surface area contributed by atoms with Crippen LogP contribution >= 0.6 is 0 Å². The van der Waals surface area contributed by atoms with E-state index in [-0.39, 0.29) is 0 Å². The molecule has 0 saturated heterocycles. The molecule has 0 aromatic heterocycles. The Labute approximate surface area is 126 Å². The average molecular weight is 291 g/mol. The molecule has 2 atom stereocenters. The van der Waals surface area contributed by atoms with Gasteiger partial charge in [0.25, 0.3) is 0 Å². The van der Waals surface area contributed by atoms with Crippen molar-refractivity contribution in [3.63, 3.8) is 0 Å². The standard InChI is InChI=1S/C18H30OSi/c1-4-5-12-18(15-19-20(2)3)13-11-17(14-18)16-9-7-6-8-10-16/h6-10,17,20H,4-5,11-15H2,1-3H3. The maximum absolute atomic E-state index is 6.15. The van der Waals surface area contributed by atoms with Crippen LogP contribution in [0.2, 0.25) is 13.1 Å². The number of hydrogen-bond acceptors (Lipinski definition) is 1. The fourth-order valence-electron chi connectivity index (χ4n) is 3.54. The lowest BCUT2D eigenvalue weighted by molar-refractivity contribution is 0.134. The van der Waals surface area contributed by atoms with Crippen LogP contribution in [0.4, 0.5) is 0 Å². The highest BCUT2D eigenvalue weighted by atomic mass is 28.3. The van der Waals surface area contributed by atoms with Gasteiger partial charge in [0.2, 0.25) is 0 Å². The van der Waals surface area contributed by atoms with Crippen molar-refractivity contribution < 1.29 is 4.43 Å². The minimum atomic E-state index is -0.898. The van der Waals surface area contributed by atoms with Crippen LogP contribution in [0.25, 0.3) is 0 Å². The monoisotopic (exact) mass is 290 g/mol. The van der Waals surface area contributed by atoms with Gasteiger partial charge in [-0.15, -0.1) is 0 Å². The van der Waals surface area contributed by atoms with Crippen molar-refractivity contribution in [1.29, 1.82) is 0 Å². The summed E-state index contributed by atoms with van der Waals surface area (Å²) in [6.07, 6.45) is 8.04. The Morgan fingerprint density at radius 3 is 2.65 bits per heavy atom. The Morgan fingerprint density at radius 1 is 1.25 bits per heavy atom. The van der Waals surface area contributed by atoms with Gasteiger partial charge in [-0.05, 0) is 55.7 Å². The van der Waals surface area contributed by atoms with Gasteiger partial charge in [-0.1, -0.05) is 50.1 Å². The molecule has 2 rings (SSSR count). The number of hydrogen-bond donors (Lipinski definition) is 0. The van der Waals surface area contributed by atoms with Gasteiger partial charge in [-0.2, -0.15) is 0 Å². The van der Waals surface area contributed by atoms with Gasteiger partial charge < -0.3 is 4.43 Å². The first-order valence-corrected chi connectivity index (χ1v) is 11.1. The van der Waals surface area contributed by atoms with Gasteiger partial charge in [0.15, 0.2) is 9.04 Å². The SMILES string of the molecule is CCCCC1(CO[SiH](C)C)CCC(c2ccccc2)C1. The Bertz CT molecular complexity index is 390. The van der Waals surface area contributed by atoms with Gasteiger partial charge in [-0.25, -0.2) is 0 Å². The molecule has 1 saturated carbocycles. The summed E-state index contributed by atoms with van der Waals surface area (Å²) in [4.78, 5) is 0. The summed E-state index contributed by atoms with van der Waals surface area (Å²) in [6.45, 7) is 7.89. The Balaban J connectivity index is 2.02. The van der Waals surface area contributed by atoms with Crippen molar-refractivity contribution in [2.24, 2.45) is 5.41 Å². The summed E-state index contributed by atoms with van der Waals surface area (Å²) in [5.41, 5.74) is 2.00. The molecule has 1 aliphatic carbocycles. The molecule has 0 N–H and O–H groups in total. The maximum Gasteiger partial charge on any atom is 0.170 e. The van der Waals surface area contributed by atoms with Crippen LogP contribution in [0.5, 0.6) is 0 Å². The van der Waals surface area contributed by atoms with E-state index in [9.17, 15) is 0 Å². The molecule has 0 heterocycles. The molecule has 1 nitrogen and oxygen atoms in total. The zero-order valence-corrected chi connectivity index (χ0v) is 14.6. The number of unbranched alkanes of at least 4 members (excludes halogenated alkanes) is 1. The van der Waals surface area contributed by atoms with Gasteiger partial charge in [0.05, 0.1) is 0 Å². The van der Waals surface area contributed by atoms with E-state index in [2.05, 4.69) is 50.3 Å². The highest BCUT2D eigenvalue weighted by Gasteiger charge is 2.39. The minimum Gasteiger partial charge on any atom is -0.420 e. The van der Waals surface area contributed by atoms with Crippen LogP contribution in [-0.4, -0.2) is 15.6 Å². The van der Waals surface area contributed by atoms with Crippen molar-refractivity contribution in [1.82, 2.24) is 0 Å². The van der Waals surface area contributed by atoms with E-state index in [1.54, 1.807) is 0 Å². The number of rotatable bonds is 7. The predicted molar refractivity (Wildman–Crippen MR) is 89.8 cm³/mol. The van der Waals surface area contributed by atoms with Crippen LogP contribution in [0.3, 0.4) is 0 Å². The van der Waals surface area contributed by atoms with Crippen molar-refractivity contribution in [2.45, 2.75) is 64.5 Å². The van der Waals surface area contributed by atoms with E-state index in [0.29, 0.717) is 5.41 Å². The zero-order chi connectivity index (χ0) is 14.4. The first-order chi connectivity index (χ1) is 9.65. The molecule has 2 unspecified atom stereocenters. The Hall–Kier alpha value is -0.603. The van der Waals surface area contributed by atoms with Crippen LogP contribution in [-0.2, 0) is 4.43 Å². The quantitative estimate of drug-likeness (QED) is 0.632. The highest BCUT2D eigenvalue weighted by molar-refractivity contribution is 6.48. The largest absolute Gasteiger partial charge is 0.420 e. The van der Waals surface area contributed by atoms with E-state index in [0.717, 1.165) is 12.5 Å². The number of benzene rings is 1. The van der Waals surface area contributed by atoms with Gasteiger partial charge in [0.1, 0.15) is 0 Å². The van der Waals surface area contributed by atoms with Crippen molar-refractivity contribution in [2.75, 3.05) is 6.61 Å². The highest BCUT2D eigenvalue weighted by Crippen LogP contribution is 2.49. The van der Waals surface area contributed by atoms with Gasteiger partial charge in [-0.3, -0.25) is 0 Å². The van der Waals surface area contributed by atoms with Crippen LogP contribution in [0.1, 0.15) is 56.9 Å². The Morgan fingerprint density at radius 2 is 2.00 bits per heavy atom. The summed E-state index contributed by atoms with van der Waals surface area (Å²) in [5.74, 6) is 0.755. The molecule has 112 valence electrons. The van der Waals surface area contributed by atoms with E-state index in [1.165, 1.54) is 44.1 Å². The van der Waals surface area contributed by atoms with E-state index >= 15 is 0 Å². The zero-order valence-electron chi connectivity index (χ0n) is 13.4. The fourth-order valence-corrected chi connectivity index (χ4v) is 4.23. The van der Waals surface area contributed by atoms with Crippen LogP contribution in [0, 0.1) is 5.41 Å². The summed E-state index contributed by atoms with van der Waals surface area (Å²) >= 11 is 0. The summed E-state index contributed by atoms with van der Waals surface area (Å²) in [6, 6.07) is 11.1. The molecule has 1 fully saturated rings. The topological polar surface area (TPSA) is 9.23 Å². The first-order valence-electron chi connectivity index (χ1n) is 8.32. The molecule has 0 bridgehead atoms. The molecule has 1 aliphatic rings. The fraction of sp³-hybridized carbons (Fsp3) is 0.667. The minimum absolute atomic E-state index is 0.466. The van der Waals surface area contributed by atoms with Crippen LogP contribution < -0.4 is 0 Å². The van der Waals surface area contributed by atoms with Crippen LogP contribution in [0.15, 0.2) is 30.3 Å². The predicted octanol–water partition coefficient (Wildman–Crippen LogP) is 5.13. The first kappa shape index (κ1) is 15.8. The molecule has 0 spiro atoms. The molecular weight excluding hydrogens is 260 g/mol. The molecule has 2 heteroatoms. The lowest BCUT2D eigenvalue weighted by atomic mass is 9.80. The van der Waals surface area contributed by atoms with Crippen molar-refractivity contribution in [3.8, 4) is 0 Å². The smallest absolute Gasteiger partial charge is 0.170 e. The third-order valence-corrected chi connectivity index (χ3v) is 5.59. The van der Waals surface area contributed by atoms with Crippen molar-refractivity contribution in [3.05, 3.63) is 35.9 Å². The molecule has 1 aromatic rings. The lowest BCUT2D eigenvalue weighted by Gasteiger charge is -2.30. The molecule has 0 aliphatic heterocycles. The third kappa shape index (κ3) is 4.19. The average Bonchev–Trinajstić information content (AvgIpc) is 2.89. The van der Waals surface area contributed by atoms with Gasteiger partial charge in [0, 0.05) is 6.61 Å². The van der Waals surface area contributed by atoms with E-state index in [1.807, 2.05) is 0 Å². The third-order valence-electron chi connectivity index (χ3n) is 4.76.